The molecule has 1 amide bonds. The monoisotopic (exact) mass is 258 g/mol. The summed E-state index contributed by atoms with van der Waals surface area (Å²) in [6.45, 7) is 0. The van der Waals surface area contributed by atoms with Crippen LogP contribution in [-0.2, 0) is 11.2 Å². The van der Waals surface area contributed by atoms with Gasteiger partial charge in [0.05, 0.1) is 6.42 Å². The number of carbonyl (C=O) groups is 1. The maximum absolute atomic E-state index is 13.1. The lowest BCUT2D eigenvalue weighted by molar-refractivity contribution is -0.117. The van der Waals surface area contributed by atoms with Gasteiger partial charge < -0.3 is 10.6 Å². The Bertz CT molecular complexity index is 598. The first-order valence-corrected chi connectivity index (χ1v) is 5.93. The van der Waals surface area contributed by atoms with Gasteiger partial charge in [-0.15, -0.1) is 0 Å². The van der Waals surface area contributed by atoms with Crippen LogP contribution < -0.4 is 10.6 Å². The molecule has 0 aromatic heterocycles. The lowest BCUT2D eigenvalue weighted by atomic mass is 10.1. The molecule has 0 heterocycles. The number of hydrogen-bond acceptors (Lipinski definition) is 2. The zero-order chi connectivity index (χ0) is 13.8. The molecular formula is C15H15FN2O. The number of benzene rings is 2. The molecule has 19 heavy (non-hydrogen) atoms. The van der Waals surface area contributed by atoms with E-state index in [0.717, 1.165) is 5.69 Å². The van der Waals surface area contributed by atoms with Gasteiger partial charge in [-0.2, -0.15) is 0 Å². The fourth-order valence-corrected chi connectivity index (χ4v) is 1.82. The Labute approximate surface area is 111 Å². The fraction of sp³-hybridized carbons (Fsp3) is 0.133. The van der Waals surface area contributed by atoms with Gasteiger partial charge >= 0.3 is 0 Å². The highest BCUT2D eigenvalue weighted by atomic mass is 19.1. The molecule has 2 aromatic rings. The Morgan fingerprint density at radius 2 is 1.95 bits per heavy atom. The molecule has 98 valence electrons. The zero-order valence-corrected chi connectivity index (χ0v) is 10.6. The van der Waals surface area contributed by atoms with Crippen LogP contribution in [0.15, 0.2) is 48.5 Å². The number of anilines is 2. The molecule has 2 aromatic carbocycles. The topological polar surface area (TPSA) is 46.3 Å². The van der Waals surface area contributed by atoms with Crippen LogP contribution in [0.1, 0.15) is 5.56 Å². The van der Waals surface area contributed by atoms with Crippen LogP contribution in [0.3, 0.4) is 0 Å². The minimum absolute atomic E-state index is 0.115. The number of halogens is 1. The lowest BCUT2D eigenvalue weighted by Crippen LogP contribution is -2.27. The van der Waals surface area contributed by atoms with E-state index in [2.05, 4.69) is 0 Å². The smallest absolute Gasteiger partial charge is 0.231 e. The molecule has 0 aliphatic heterocycles. The van der Waals surface area contributed by atoms with E-state index in [1.54, 1.807) is 43.4 Å². The average Bonchev–Trinajstić information content (AvgIpc) is 2.38. The molecule has 0 spiro atoms. The summed E-state index contributed by atoms with van der Waals surface area (Å²) in [7, 11) is 1.68. The molecule has 2 N–H and O–H groups in total. The third-order valence-corrected chi connectivity index (χ3v) is 2.88. The Hall–Kier alpha value is -2.36. The van der Waals surface area contributed by atoms with Crippen molar-refractivity contribution < 1.29 is 9.18 Å². The molecule has 0 aliphatic carbocycles. The molecule has 0 saturated carbocycles. The summed E-state index contributed by atoms with van der Waals surface area (Å²) < 4.78 is 13.1. The van der Waals surface area contributed by atoms with E-state index in [0.29, 0.717) is 11.3 Å². The molecule has 0 aliphatic rings. The summed E-state index contributed by atoms with van der Waals surface area (Å²) in [6.07, 6.45) is 0.156. The normalized spacial score (nSPS) is 10.2. The molecular weight excluding hydrogens is 243 g/mol. The number of carbonyl (C=O) groups excluding carboxylic acids is 1. The standard InChI is InChI=1S/C15H15FN2O/c1-18(14-7-3-6-13(17)10-14)15(19)9-11-4-2-5-12(16)8-11/h2-8,10H,9,17H2,1H3. The predicted molar refractivity (Wildman–Crippen MR) is 74.4 cm³/mol. The highest BCUT2D eigenvalue weighted by molar-refractivity contribution is 5.94. The first-order valence-electron chi connectivity index (χ1n) is 5.93. The van der Waals surface area contributed by atoms with E-state index < -0.39 is 0 Å². The van der Waals surface area contributed by atoms with Crippen molar-refractivity contribution in [2.24, 2.45) is 0 Å². The predicted octanol–water partition coefficient (Wildman–Crippen LogP) is 2.61. The van der Waals surface area contributed by atoms with Crippen LogP contribution in [0.25, 0.3) is 0 Å². The van der Waals surface area contributed by atoms with E-state index in [4.69, 9.17) is 5.73 Å². The van der Waals surface area contributed by atoms with Crippen LogP contribution >= 0.6 is 0 Å². The molecule has 0 fully saturated rings. The Morgan fingerprint density at radius 1 is 1.21 bits per heavy atom. The van der Waals surface area contributed by atoms with Crippen molar-refractivity contribution in [2.45, 2.75) is 6.42 Å². The van der Waals surface area contributed by atoms with Crippen LogP contribution in [-0.4, -0.2) is 13.0 Å². The van der Waals surface area contributed by atoms with Crippen molar-refractivity contribution in [3.63, 3.8) is 0 Å². The second kappa shape index (κ2) is 5.52. The second-order valence-corrected chi connectivity index (χ2v) is 4.35. The number of rotatable bonds is 3. The van der Waals surface area contributed by atoms with E-state index in [-0.39, 0.29) is 18.1 Å². The van der Waals surface area contributed by atoms with Gasteiger partial charge in [0, 0.05) is 18.4 Å². The molecule has 2 rings (SSSR count). The van der Waals surface area contributed by atoms with Gasteiger partial charge in [0.15, 0.2) is 0 Å². The van der Waals surface area contributed by atoms with Crippen LogP contribution in [0.4, 0.5) is 15.8 Å². The summed E-state index contributed by atoms with van der Waals surface area (Å²) in [5.41, 5.74) is 7.66. The van der Waals surface area contributed by atoms with Crippen LogP contribution in [0.5, 0.6) is 0 Å². The second-order valence-electron chi connectivity index (χ2n) is 4.35. The van der Waals surface area contributed by atoms with Gasteiger partial charge in [-0.05, 0) is 35.9 Å². The SMILES string of the molecule is CN(C(=O)Cc1cccc(F)c1)c1cccc(N)c1. The van der Waals surface area contributed by atoms with Gasteiger partial charge in [-0.25, -0.2) is 4.39 Å². The van der Waals surface area contributed by atoms with Gasteiger partial charge in [-0.3, -0.25) is 4.79 Å². The molecule has 0 bridgehead atoms. The minimum atomic E-state index is -0.336. The molecule has 0 unspecified atom stereocenters. The van der Waals surface area contributed by atoms with E-state index in [9.17, 15) is 9.18 Å². The summed E-state index contributed by atoms with van der Waals surface area (Å²) in [5.74, 6) is -0.451. The number of amides is 1. The lowest BCUT2D eigenvalue weighted by Gasteiger charge is -2.17. The number of nitrogens with zero attached hydrogens (tertiary/aromatic N) is 1. The Balaban J connectivity index is 2.12. The van der Waals surface area contributed by atoms with Gasteiger partial charge in [0.25, 0.3) is 0 Å². The first kappa shape index (κ1) is 13.1. The molecule has 3 nitrogen and oxygen atoms in total. The summed E-state index contributed by atoms with van der Waals surface area (Å²) in [6, 6.07) is 13.1. The summed E-state index contributed by atoms with van der Waals surface area (Å²) >= 11 is 0. The van der Waals surface area contributed by atoms with Crippen molar-refractivity contribution in [1.82, 2.24) is 0 Å². The highest BCUT2D eigenvalue weighted by Crippen LogP contribution is 2.17. The number of hydrogen-bond donors (Lipinski definition) is 1. The van der Waals surface area contributed by atoms with Crippen molar-refractivity contribution in [1.29, 1.82) is 0 Å². The van der Waals surface area contributed by atoms with Crippen molar-refractivity contribution >= 4 is 17.3 Å². The molecule has 0 saturated heterocycles. The third kappa shape index (κ3) is 3.31. The Kier molecular flexibility index (Phi) is 3.80. The first-order chi connectivity index (χ1) is 9.06. The number of nitrogens with two attached hydrogens (primary N) is 1. The largest absolute Gasteiger partial charge is 0.399 e. The maximum Gasteiger partial charge on any atom is 0.231 e. The van der Waals surface area contributed by atoms with Gasteiger partial charge in [-0.1, -0.05) is 18.2 Å². The molecule has 0 atom stereocenters. The third-order valence-electron chi connectivity index (χ3n) is 2.88. The minimum Gasteiger partial charge on any atom is -0.399 e. The molecule has 4 heteroatoms. The zero-order valence-electron chi connectivity index (χ0n) is 10.6. The Morgan fingerprint density at radius 3 is 2.63 bits per heavy atom. The number of likely N-dealkylation sites (N-methyl/N-ethyl adjacent to an activating group) is 1. The van der Waals surface area contributed by atoms with Crippen molar-refractivity contribution in [3.8, 4) is 0 Å². The van der Waals surface area contributed by atoms with Crippen LogP contribution in [0, 0.1) is 5.82 Å². The van der Waals surface area contributed by atoms with Crippen molar-refractivity contribution in [3.05, 3.63) is 59.9 Å². The maximum atomic E-state index is 13.1. The number of nitrogen functional groups attached to an aromatic ring is 1. The fourth-order valence-electron chi connectivity index (χ4n) is 1.82. The van der Waals surface area contributed by atoms with E-state index in [1.165, 1.54) is 17.0 Å². The van der Waals surface area contributed by atoms with Gasteiger partial charge in [0.2, 0.25) is 5.91 Å². The molecule has 0 radical (unpaired) electrons. The van der Waals surface area contributed by atoms with E-state index >= 15 is 0 Å². The summed E-state index contributed by atoms with van der Waals surface area (Å²) in [4.78, 5) is 13.6. The van der Waals surface area contributed by atoms with Gasteiger partial charge in [0.1, 0.15) is 5.82 Å². The van der Waals surface area contributed by atoms with Crippen molar-refractivity contribution in [2.75, 3.05) is 17.7 Å². The summed E-state index contributed by atoms with van der Waals surface area (Å²) in [5, 5.41) is 0. The van der Waals surface area contributed by atoms with Crippen LogP contribution in [0.2, 0.25) is 0 Å². The quantitative estimate of drug-likeness (QED) is 0.860. The van der Waals surface area contributed by atoms with E-state index in [1.807, 2.05) is 0 Å². The highest BCUT2D eigenvalue weighted by Gasteiger charge is 2.12. The average molecular weight is 258 g/mol.